The molecule has 3 heteroatoms. The first kappa shape index (κ1) is 25.2. The zero-order chi connectivity index (χ0) is 30.2. The monoisotopic (exact) mass is 586 g/mol. The summed E-state index contributed by atoms with van der Waals surface area (Å²) in [5, 5.41) is 8.30. The van der Waals surface area contributed by atoms with Gasteiger partial charge in [0, 0.05) is 38.2 Å². The lowest BCUT2D eigenvalue weighted by Gasteiger charge is -2.11. The van der Waals surface area contributed by atoms with Crippen molar-refractivity contribution in [2.45, 2.75) is 0 Å². The van der Waals surface area contributed by atoms with Crippen LogP contribution in [0.5, 0.6) is 0 Å². The fraction of sp³-hybridized carbons (Fsp3) is 0. The van der Waals surface area contributed by atoms with Gasteiger partial charge in [-0.3, -0.25) is 4.40 Å². The first-order valence-electron chi connectivity index (χ1n) is 15.6. The summed E-state index contributed by atoms with van der Waals surface area (Å²) < 4.78 is 9.10. The summed E-state index contributed by atoms with van der Waals surface area (Å²) in [4.78, 5) is 4.92. The van der Waals surface area contributed by atoms with E-state index in [0.29, 0.717) is 0 Å². The Bertz CT molecular complexity index is 2800. The molecule has 0 amide bonds. The van der Waals surface area contributed by atoms with Gasteiger partial charge in [0.05, 0.1) is 17.4 Å². The molecule has 3 heterocycles. The van der Waals surface area contributed by atoms with Crippen molar-refractivity contribution in [2.24, 2.45) is 0 Å². The van der Waals surface area contributed by atoms with Crippen LogP contribution >= 0.6 is 0 Å². The molecule has 0 fully saturated rings. The highest BCUT2D eigenvalue weighted by Crippen LogP contribution is 2.42. The van der Waals surface area contributed by atoms with E-state index in [1.54, 1.807) is 0 Å². The Hall–Kier alpha value is -6.19. The smallest absolute Gasteiger partial charge is 0.145 e. The third-order valence-electron chi connectivity index (χ3n) is 9.46. The van der Waals surface area contributed by atoms with Crippen LogP contribution in [-0.4, -0.2) is 9.38 Å². The van der Waals surface area contributed by atoms with Crippen molar-refractivity contribution >= 4 is 60.0 Å². The standard InChI is InChI=1S/C43H26N2O/c1-2-12-30-27(10-1)11-7-17-32(30)35-18-9-20-37-36-19-8-16-31(41(36)46-42(35)37)28-22-24-29(25-23-28)40-26-44-43-38-15-4-3-13-33(38)34-14-5-6-21-39(34)45(40)43/h1-26H. The molecule has 10 aromatic rings. The number of furan rings is 1. The summed E-state index contributed by atoms with van der Waals surface area (Å²) in [5.41, 5.74) is 10.6. The maximum Gasteiger partial charge on any atom is 0.145 e. The quantitative estimate of drug-likeness (QED) is 0.193. The Morgan fingerprint density at radius 2 is 0.978 bits per heavy atom. The predicted octanol–water partition coefficient (Wildman–Crippen LogP) is 11.7. The van der Waals surface area contributed by atoms with Gasteiger partial charge in [0.1, 0.15) is 16.8 Å². The molecule has 46 heavy (non-hydrogen) atoms. The Morgan fingerprint density at radius 3 is 1.80 bits per heavy atom. The number of nitrogens with zero attached hydrogens (tertiary/aromatic N) is 2. The number of hydrogen-bond donors (Lipinski definition) is 0. The second kappa shape index (κ2) is 9.65. The van der Waals surface area contributed by atoms with Crippen molar-refractivity contribution in [3.8, 4) is 33.5 Å². The summed E-state index contributed by atoms with van der Waals surface area (Å²) in [5.74, 6) is 0. The molecule has 0 N–H and O–H groups in total. The highest BCUT2D eigenvalue weighted by Gasteiger charge is 2.18. The van der Waals surface area contributed by atoms with E-state index < -0.39 is 0 Å². The fourth-order valence-electron chi connectivity index (χ4n) is 7.34. The number of benzene rings is 7. The van der Waals surface area contributed by atoms with Crippen molar-refractivity contribution < 1.29 is 4.42 Å². The molecule has 214 valence electrons. The summed E-state index contributed by atoms with van der Waals surface area (Å²) in [7, 11) is 0. The van der Waals surface area contributed by atoms with E-state index in [4.69, 9.17) is 9.40 Å². The van der Waals surface area contributed by atoms with Gasteiger partial charge in [-0.2, -0.15) is 0 Å². The molecule has 0 aliphatic rings. The van der Waals surface area contributed by atoms with Crippen LogP contribution in [0.1, 0.15) is 0 Å². The van der Waals surface area contributed by atoms with E-state index in [1.165, 1.54) is 27.1 Å². The van der Waals surface area contributed by atoms with Crippen LogP contribution in [0.15, 0.2) is 162 Å². The number of imidazole rings is 1. The van der Waals surface area contributed by atoms with E-state index in [0.717, 1.165) is 66.4 Å². The summed E-state index contributed by atoms with van der Waals surface area (Å²) >= 11 is 0. The summed E-state index contributed by atoms with van der Waals surface area (Å²) in [6, 6.07) is 53.9. The Kier molecular flexibility index (Phi) is 5.28. The number of pyridine rings is 1. The lowest BCUT2D eigenvalue weighted by molar-refractivity contribution is 0.671. The maximum atomic E-state index is 6.81. The average Bonchev–Trinajstić information content (AvgIpc) is 3.75. The Labute approximate surface area is 264 Å². The predicted molar refractivity (Wildman–Crippen MR) is 191 cm³/mol. The zero-order valence-corrected chi connectivity index (χ0v) is 24.8. The van der Waals surface area contributed by atoms with Crippen LogP contribution in [0, 0.1) is 0 Å². The average molecular weight is 587 g/mol. The highest BCUT2D eigenvalue weighted by molar-refractivity contribution is 6.15. The lowest BCUT2D eigenvalue weighted by Crippen LogP contribution is -1.93. The molecule has 7 aromatic carbocycles. The maximum absolute atomic E-state index is 6.81. The second-order valence-corrected chi connectivity index (χ2v) is 11.9. The molecule has 0 saturated carbocycles. The largest absolute Gasteiger partial charge is 0.455 e. The molecule has 0 spiro atoms. The van der Waals surface area contributed by atoms with Crippen molar-refractivity contribution in [2.75, 3.05) is 0 Å². The van der Waals surface area contributed by atoms with Crippen LogP contribution in [0.4, 0.5) is 0 Å². The number of aromatic nitrogens is 2. The Balaban J connectivity index is 1.13. The number of fused-ring (bicyclic) bond motifs is 10. The molecule has 0 saturated heterocycles. The second-order valence-electron chi connectivity index (χ2n) is 11.9. The third-order valence-corrected chi connectivity index (χ3v) is 9.46. The lowest BCUT2D eigenvalue weighted by atomic mass is 9.96. The van der Waals surface area contributed by atoms with Gasteiger partial charge in [-0.1, -0.05) is 146 Å². The van der Waals surface area contributed by atoms with E-state index in [-0.39, 0.29) is 0 Å². The van der Waals surface area contributed by atoms with Crippen molar-refractivity contribution in [1.29, 1.82) is 0 Å². The van der Waals surface area contributed by atoms with Crippen LogP contribution in [-0.2, 0) is 0 Å². The molecule has 0 aliphatic heterocycles. The van der Waals surface area contributed by atoms with Crippen LogP contribution in [0.25, 0.3) is 93.5 Å². The van der Waals surface area contributed by atoms with Gasteiger partial charge in [0.2, 0.25) is 0 Å². The minimum atomic E-state index is 0.908. The van der Waals surface area contributed by atoms with E-state index in [9.17, 15) is 0 Å². The molecule has 0 atom stereocenters. The van der Waals surface area contributed by atoms with Gasteiger partial charge in [0.15, 0.2) is 0 Å². The van der Waals surface area contributed by atoms with E-state index in [2.05, 4.69) is 156 Å². The number of hydrogen-bond acceptors (Lipinski definition) is 2. The molecule has 0 aliphatic carbocycles. The van der Waals surface area contributed by atoms with Crippen molar-refractivity contribution in [3.05, 3.63) is 158 Å². The van der Waals surface area contributed by atoms with Gasteiger partial charge in [0.25, 0.3) is 0 Å². The minimum Gasteiger partial charge on any atom is -0.455 e. The molecule has 0 unspecified atom stereocenters. The van der Waals surface area contributed by atoms with Gasteiger partial charge in [-0.25, -0.2) is 4.98 Å². The van der Waals surface area contributed by atoms with Crippen molar-refractivity contribution in [1.82, 2.24) is 9.38 Å². The number of para-hydroxylation sites is 3. The Morgan fingerprint density at radius 1 is 0.413 bits per heavy atom. The molecular weight excluding hydrogens is 560 g/mol. The van der Waals surface area contributed by atoms with Gasteiger partial charge >= 0.3 is 0 Å². The van der Waals surface area contributed by atoms with E-state index >= 15 is 0 Å². The fourth-order valence-corrected chi connectivity index (χ4v) is 7.34. The number of rotatable bonds is 3. The SMILES string of the molecule is c1ccc2c(-c3cccc4c3oc3c(-c5ccc(-c6cnc7c8ccccc8c8ccccc8n67)cc5)cccc34)cccc2c1. The first-order chi connectivity index (χ1) is 22.8. The molecule has 0 radical (unpaired) electrons. The molecule has 0 bridgehead atoms. The summed E-state index contributed by atoms with van der Waals surface area (Å²) in [6.45, 7) is 0. The van der Waals surface area contributed by atoms with Crippen LogP contribution in [0.2, 0.25) is 0 Å². The van der Waals surface area contributed by atoms with Crippen molar-refractivity contribution in [3.63, 3.8) is 0 Å². The normalized spacial score (nSPS) is 11.9. The van der Waals surface area contributed by atoms with Gasteiger partial charge < -0.3 is 4.42 Å². The molecular formula is C43H26N2O. The molecule has 10 rings (SSSR count). The van der Waals surface area contributed by atoms with Gasteiger partial charge in [-0.15, -0.1) is 0 Å². The summed E-state index contributed by atoms with van der Waals surface area (Å²) in [6.07, 6.45) is 2.00. The van der Waals surface area contributed by atoms with Gasteiger partial charge in [-0.05, 0) is 33.4 Å². The first-order valence-corrected chi connectivity index (χ1v) is 15.6. The van der Waals surface area contributed by atoms with Crippen LogP contribution in [0.3, 0.4) is 0 Å². The molecule has 3 aromatic heterocycles. The van der Waals surface area contributed by atoms with Crippen LogP contribution < -0.4 is 0 Å². The molecule has 3 nitrogen and oxygen atoms in total. The van der Waals surface area contributed by atoms with E-state index in [1.807, 2.05) is 6.20 Å². The topological polar surface area (TPSA) is 30.4 Å². The highest BCUT2D eigenvalue weighted by atomic mass is 16.3. The third kappa shape index (κ3) is 3.57. The minimum absolute atomic E-state index is 0.908. The zero-order valence-electron chi connectivity index (χ0n) is 24.8.